The Balaban J connectivity index is 0.00000128. The van der Waals surface area contributed by atoms with Crippen LogP contribution in [0, 0.1) is 0 Å². The summed E-state index contributed by atoms with van der Waals surface area (Å²) in [6.45, 7) is 5.58. The summed E-state index contributed by atoms with van der Waals surface area (Å²) in [4.78, 5) is 0. The van der Waals surface area contributed by atoms with E-state index in [1.165, 1.54) is 0 Å². The van der Waals surface area contributed by atoms with E-state index in [4.69, 9.17) is 28.1 Å². The third-order valence-electron chi connectivity index (χ3n) is 9.15. The Morgan fingerprint density at radius 3 is 0.933 bits per heavy atom. The Bertz CT molecular complexity index is 1480. The van der Waals surface area contributed by atoms with E-state index in [9.17, 15) is 10.2 Å². The number of hydrogen-bond acceptors (Lipinski definition) is 4. The fraction of sp³-hybridized carbons (Fsp3) is 0.211. The molecule has 5 aromatic rings. The first-order chi connectivity index (χ1) is 21.6. The van der Waals surface area contributed by atoms with Crippen LogP contribution in [0.15, 0.2) is 152 Å². The number of rotatable bonds is 7. The molecule has 45 heavy (non-hydrogen) atoms. The first kappa shape index (κ1) is 33.6. The van der Waals surface area contributed by atoms with E-state index in [-0.39, 0.29) is 0 Å². The van der Waals surface area contributed by atoms with E-state index < -0.39 is 45.2 Å². The maximum absolute atomic E-state index is 13.4. The van der Waals surface area contributed by atoms with Gasteiger partial charge in [-0.25, -0.2) is 0 Å². The van der Waals surface area contributed by atoms with Gasteiger partial charge in [0.1, 0.15) is 22.4 Å². The van der Waals surface area contributed by atoms with Gasteiger partial charge in [-0.1, -0.05) is 152 Å². The number of ether oxygens (including phenoxy) is 2. The fourth-order valence-corrected chi connectivity index (χ4v) is 6.84. The fourth-order valence-electron chi connectivity index (χ4n) is 6.84. The summed E-state index contributed by atoms with van der Waals surface area (Å²) in [5, 5.41) is 26.7. The second-order valence-corrected chi connectivity index (χ2v) is 14.1. The van der Waals surface area contributed by atoms with Crippen LogP contribution in [-0.4, -0.2) is 21.4 Å². The van der Waals surface area contributed by atoms with Crippen LogP contribution in [0.2, 0.25) is 0 Å². The molecule has 2 N–H and O–H groups in total. The first-order valence-corrected chi connectivity index (χ1v) is 19.0. The monoisotopic (exact) mass is 674 g/mol. The van der Waals surface area contributed by atoms with Crippen molar-refractivity contribution in [2.24, 2.45) is 0 Å². The summed E-state index contributed by atoms with van der Waals surface area (Å²) < 4.78 is 14.3. The molecule has 1 saturated heterocycles. The molecule has 1 heterocycles. The Kier molecular flexibility index (Phi) is 10.1. The standard InChI is InChI=1S/C38H36O4.2ClH.Ti/c1-34(29-19-9-4-10-20-29)41-35(2,37(39,30-21-11-5-12-22-30)31-23-13-6-14-24-31)36(3,42-34)38(40,32-25-15-7-16-26-32)33-27-17-8-18-28-33;;;/h4-28,39-40H,1-3H3;2*1H;/q;;;+2/p-2/t35-,36-;;;/m1.../s1. The topological polar surface area (TPSA) is 58.9 Å². The minimum absolute atomic E-state index is 0.556. The summed E-state index contributed by atoms with van der Waals surface area (Å²) in [5.41, 5.74) is -3.44. The predicted molar refractivity (Wildman–Crippen MR) is 176 cm³/mol. The van der Waals surface area contributed by atoms with Gasteiger partial charge < -0.3 is 19.7 Å². The van der Waals surface area contributed by atoms with Crippen LogP contribution >= 0.6 is 18.6 Å². The van der Waals surface area contributed by atoms with E-state index in [2.05, 4.69) is 0 Å². The van der Waals surface area contributed by atoms with Crippen molar-refractivity contribution < 1.29 is 36.7 Å². The molecule has 0 radical (unpaired) electrons. The Morgan fingerprint density at radius 1 is 0.467 bits per heavy atom. The Morgan fingerprint density at radius 2 is 0.689 bits per heavy atom. The maximum atomic E-state index is 13.4. The van der Waals surface area contributed by atoms with Crippen LogP contribution in [0.1, 0.15) is 48.6 Å². The Hall–Kier alpha value is -2.77. The van der Waals surface area contributed by atoms with Crippen molar-refractivity contribution in [3.8, 4) is 0 Å². The molecule has 0 aliphatic carbocycles. The molecule has 6 rings (SSSR count). The summed E-state index contributed by atoms with van der Waals surface area (Å²) in [6.07, 6.45) is 0. The van der Waals surface area contributed by atoms with Gasteiger partial charge in [-0.15, -0.1) is 0 Å². The third kappa shape index (κ3) is 5.62. The van der Waals surface area contributed by atoms with Gasteiger partial charge in [0.15, 0.2) is 5.79 Å². The van der Waals surface area contributed by atoms with Crippen LogP contribution < -0.4 is 0 Å². The molecular formula is C38H36Cl2O4Ti. The van der Waals surface area contributed by atoms with Crippen molar-refractivity contribution in [2.75, 3.05) is 0 Å². The zero-order chi connectivity index (χ0) is 32.2. The Labute approximate surface area is 282 Å². The van der Waals surface area contributed by atoms with Crippen LogP contribution in [0.3, 0.4) is 0 Å². The summed E-state index contributed by atoms with van der Waals surface area (Å²) in [6, 6.07) is 47.7. The molecule has 4 nitrogen and oxygen atoms in total. The van der Waals surface area contributed by atoms with E-state index >= 15 is 0 Å². The van der Waals surface area contributed by atoms with Crippen LogP contribution in [0.5, 0.6) is 0 Å². The molecule has 0 spiro atoms. The zero-order valence-electron chi connectivity index (χ0n) is 25.4. The van der Waals surface area contributed by atoms with Crippen molar-refractivity contribution in [3.63, 3.8) is 0 Å². The first-order valence-electron chi connectivity index (χ1n) is 14.7. The van der Waals surface area contributed by atoms with Gasteiger partial charge in [-0.3, -0.25) is 0 Å². The predicted octanol–water partition coefficient (Wildman–Crippen LogP) is 8.67. The van der Waals surface area contributed by atoms with Gasteiger partial charge in [0.2, 0.25) is 0 Å². The molecule has 1 aliphatic heterocycles. The molecule has 0 aromatic heterocycles. The average molecular weight is 675 g/mol. The number of aliphatic hydroxyl groups is 2. The van der Waals surface area contributed by atoms with Crippen LogP contribution in [0.25, 0.3) is 0 Å². The molecule has 0 saturated carbocycles. The van der Waals surface area contributed by atoms with Gasteiger partial charge >= 0.3 is 35.6 Å². The third-order valence-corrected chi connectivity index (χ3v) is 9.15. The number of benzene rings is 5. The molecule has 2 atom stereocenters. The number of halogens is 2. The van der Waals surface area contributed by atoms with Crippen LogP contribution in [0.4, 0.5) is 0 Å². The summed E-state index contributed by atoms with van der Waals surface area (Å²) >= 11 is -0.556. The molecule has 7 heteroatoms. The zero-order valence-corrected chi connectivity index (χ0v) is 28.5. The van der Waals surface area contributed by atoms with E-state index in [0.29, 0.717) is 22.3 Å². The van der Waals surface area contributed by atoms with Gasteiger partial charge in [-0.05, 0) is 43.0 Å². The summed E-state index contributed by atoms with van der Waals surface area (Å²) in [7, 11) is 9.78. The van der Waals surface area contributed by atoms with Crippen molar-refractivity contribution in [1.82, 2.24) is 0 Å². The van der Waals surface area contributed by atoms with E-state index in [1.54, 1.807) is 0 Å². The minimum atomic E-state index is -1.77. The molecule has 0 bridgehead atoms. The van der Waals surface area contributed by atoms with Gasteiger partial charge in [0, 0.05) is 5.56 Å². The van der Waals surface area contributed by atoms with Gasteiger partial charge in [0.05, 0.1) is 0 Å². The van der Waals surface area contributed by atoms with Crippen molar-refractivity contribution in [2.45, 2.75) is 49.0 Å². The normalized spacial score (nSPS) is 21.0. The van der Waals surface area contributed by atoms with Crippen molar-refractivity contribution >= 4 is 18.6 Å². The van der Waals surface area contributed by atoms with Crippen molar-refractivity contribution in [3.05, 3.63) is 179 Å². The molecule has 0 amide bonds. The quantitative estimate of drug-likeness (QED) is 0.170. The van der Waals surface area contributed by atoms with Gasteiger partial charge in [-0.2, -0.15) is 0 Å². The van der Waals surface area contributed by atoms with E-state index in [0.717, 1.165) is 5.56 Å². The molecule has 230 valence electrons. The SMILES string of the molecule is CC1(c2ccccc2)O[C@@](C)(C(O)(c2ccccc2)c2ccccc2)[C@](C)(C(O)(c2ccccc2)c2ccccc2)O1.[Cl][Ti][Cl]. The average Bonchev–Trinajstić information content (AvgIpc) is 3.33. The van der Waals surface area contributed by atoms with E-state index in [1.807, 2.05) is 172 Å². The summed E-state index contributed by atoms with van der Waals surface area (Å²) in [5.74, 6) is -1.33. The molecule has 1 aliphatic rings. The molecule has 0 unspecified atom stereocenters. The van der Waals surface area contributed by atoms with Gasteiger partial charge in [0.25, 0.3) is 0 Å². The second kappa shape index (κ2) is 13.5. The second-order valence-electron chi connectivity index (χ2n) is 11.5. The molecule has 1 fully saturated rings. The molecule has 5 aromatic carbocycles. The van der Waals surface area contributed by atoms with Crippen LogP contribution in [-0.2, 0) is 43.5 Å². The van der Waals surface area contributed by atoms with Crippen molar-refractivity contribution in [1.29, 1.82) is 0 Å². The molecular weight excluding hydrogens is 639 g/mol. The number of hydrogen-bond donors (Lipinski definition) is 2.